The molecule has 1 N–H and O–H groups in total. The smallest absolute Gasteiger partial charge is 0.416 e. The van der Waals surface area contributed by atoms with Crippen molar-refractivity contribution < 1.29 is 23.1 Å². The fourth-order valence-electron chi connectivity index (χ4n) is 5.28. The summed E-state index contributed by atoms with van der Waals surface area (Å²) in [5.41, 5.74) is 1.53. The molecule has 0 radical (unpaired) electrons. The molecular weight excluding hydrogens is 525 g/mol. The molecule has 2 atom stereocenters. The van der Waals surface area contributed by atoms with Gasteiger partial charge in [0.2, 0.25) is 0 Å². The maximum Gasteiger partial charge on any atom is 0.416 e. The molecule has 0 bridgehead atoms. The molecule has 2 heterocycles. The van der Waals surface area contributed by atoms with Gasteiger partial charge in [-0.1, -0.05) is 30.0 Å². The molecule has 198 valence electrons. The third-order valence-electron chi connectivity index (χ3n) is 7.32. The van der Waals surface area contributed by atoms with Crippen molar-refractivity contribution in [3.05, 3.63) is 59.2 Å². The molecule has 37 heavy (non-hydrogen) atoms. The topological polar surface area (TPSA) is 71.2 Å². The van der Waals surface area contributed by atoms with E-state index in [0.717, 1.165) is 61.1 Å². The number of thioether (sulfide) groups is 1. The van der Waals surface area contributed by atoms with Gasteiger partial charge in [0.05, 0.1) is 11.1 Å². The summed E-state index contributed by atoms with van der Waals surface area (Å²) in [6.07, 6.45) is -2.28. The number of carbonyl (C=O) groups excluding carboxylic acids is 1. The van der Waals surface area contributed by atoms with E-state index >= 15 is 0 Å². The predicted molar refractivity (Wildman–Crippen MR) is 138 cm³/mol. The average Bonchev–Trinajstić information content (AvgIpc) is 3.21. The number of Topliss-reactive ketones (excluding diaryl/α,β-unsaturated/α-hetero) is 1. The largest absolute Gasteiger partial charge is 0.507 e. The van der Waals surface area contributed by atoms with Crippen LogP contribution in [0.3, 0.4) is 0 Å². The van der Waals surface area contributed by atoms with Gasteiger partial charge in [-0.2, -0.15) is 13.2 Å². The second kappa shape index (κ2) is 10.3. The molecule has 5 rings (SSSR count). The molecule has 2 aliphatic rings. The molecule has 2 fully saturated rings. The third-order valence-corrected chi connectivity index (χ3v) is 8.43. The molecule has 0 unspecified atom stereocenters. The maximum absolute atomic E-state index is 12.8. The number of halogens is 4. The van der Waals surface area contributed by atoms with E-state index < -0.39 is 11.7 Å². The minimum Gasteiger partial charge on any atom is -0.507 e. The Morgan fingerprint density at radius 1 is 1.19 bits per heavy atom. The number of carbonyl (C=O) groups is 1. The Hall–Kier alpha value is -2.56. The molecule has 1 aromatic heterocycles. The van der Waals surface area contributed by atoms with E-state index in [2.05, 4.69) is 15.1 Å². The molecule has 1 aliphatic carbocycles. The summed E-state index contributed by atoms with van der Waals surface area (Å²) >= 11 is 1.58. The molecule has 1 saturated carbocycles. The van der Waals surface area contributed by atoms with E-state index in [4.69, 9.17) is 0 Å². The number of hydrogen-bond acceptors (Lipinski definition) is 6. The van der Waals surface area contributed by atoms with Crippen molar-refractivity contribution in [2.45, 2.75) is 36.5 Å². The molecule has 1 saturated heterocycles. The van der Waals surface area contributed by atoms with Gasteiger partial charge in [-0.3, -0.25) is 4.79 Å². The highest BCUT2D eigenvalue weighted by atomic mass is 35.5. The second-order valence-corrected chi connectivity index (χ2v) is 10.8. The number of phenolic OH excluding ortho intramolecular Hbond substituents is 1. The van der Waals surface area contributed by atoms with Crippen LogP contribution < -0.4 is 0 Å². The van der Waals surface area contributed by atoms with Crippen LogP contribution in [-0.2, 0) is 18.6 Å². The molecule has 6 nitrogen and oxygen atoms in total. The van der Waals surface area contributed by atoms with E-state index in [1.165, 1.54) is 19.1 Å². The van der Waals surface area contributed by atoms with Gasteiger partial charge in [-0.25, -0.2) is 0 Å². The minimum absolute atomic E-state index is 0. The number of likely N-dealkylation sites (tertiary alicyclic amines) is 1. The molecular formula is C26H28ClF3N4O2S. The standard InChI is InChI=1S/C26H27F3N4O2S.ClH/c1-16(34)21-12-19(8-9-22(21)35)25-13-20(25)14-33(15-25)10-3-11-36-24-31-30-23(32(24)2)17-4-6-18(7-5-17)26(27,28)29;/h4-9,12,20,35H,3,10-11,13-15H2,1-2H3;1H/t20-,25+;/m1./s1. The van der Waals surface area contributed by atoms with Crippen molar-refractivity contribution in [3.8, 4) is 17.1 Å². The number of benzene rings is 2. The lowest BCUT2D eigenvalue weighted by Gasteiger charge is -2.21. The van der Waals surface area contributed by atoms with Gasteiger partial charge in [0, 0.05) is 36.9 Å². The van der Waals surface area contributed by atoms with Gasteiger partial charge in [-0.05, 0) is 62.1 Å². The van der Waals surface area contributed by atoms with Crippen molar-refractivity contribution >= 4 is 30.0 Å². The maximum atomic E-state index is 12.8. The molecule has 11 heteroatoms. The molecule has 0 amide bonds. The number of aromatic nitrogens is 3. The normalized spacial score (nSPS) is 20.9. The van der Waals surface area contributed by atoms with Gasteiger partial charge in [0.15, 0.2) is 16.8 Å². The van der Waals surface area contributed by atoms with Crippen LogP contribution in [0, 0.1) is 5.92 Å². The number of ketones is 1. The number of rotatable bonds is 8. The quantitative estimate of drug-likeness (QED) is 0.223. The summed E-state index contributed by atoms with van der Waals surface area (Å²) in [7, 11) is 1.82. The van der Waals surface area contributed by atoms with Crippen molar-refractivity contribution in [2.75, 3.05) is 25.4 Å². The summed E-state index contributed by atoms with van der Waals surface area (Å²) in [5.74, 6) is 1.88. The predicted octanol–water partition coefficient (Wildman–Crippen LogP) is 5.59. The first-order valence-electron chi connectivity index (χ1n) is 11.8. The van der Waals surface area contributed by atoms with E-state index in [9.17, 15) is 23.1 Å². The lowest BCUT2D eigenvalue weighted by Crippen LogP contribution is -2.28. The highest BCUT2D eigenvalue weighted by Crippen LogP contribution is 2.59. The van der Waals surface area contributed by atoms with Crippen LogP contribution >= 0.6 is 24.2 Å². The van der Waals surface area contributed by atoms with Crippen LogP contribution in [0.2, 0.25) is 0 Å². The SMILES string of the molecule is CC(=O)c1cc([C@@]23C[C@@H]2CN(CCCSc2nnc(-c4ccc(C(F)(F)F)cc4)n2C)C3)ccc1O.Cl. The Morgan fingerprint density at radius 2 is 1.92 bits per heavy atom. The lowest BCUT2D eigenvalue weighted by molar-refractivity contribution is -0.137. The van der Waals surface area contributed by atoms with Gasteiger partial charge in [0.1, 0.15) is 5.75 Å². The number of aromatic hydroxyl groups is 1. The Balaban J connectivity index is 0.00000320. The van der Waals surface area contributed by atoms with Gasteiger partial charge in [0.25, 0.3) is 0 Å². The number of piperidine rings is 1. The second-order valence-electron chi connectivity index (χ2n) is 9.72. The number of hydrogen-bond donors (Lipinski definition) is 1. The van der Waals surface area contributed by atoms with Crippen LogP contribution in [0.5, 0.6) is 5.75 Å². The Labute approximate surface area is 223 Å². The fourth-order valence-corrected chi connectivity index (χ4v) is 6.12. The van der Waals surface area contributed by atoms with Crippen molar-refractivity contribution in [1.82, 2.24) is 19.7 Å². The molecule has 3 aromatic rings. The first-order chi connectivity index (χ1) is 17.1. The lowest BCUT2D eigenvalue weighted by atomic mass is 9.92. The van der Waals surface area contributed by atoms with E-state index in [0.29, 0.717) is 22.9 Å². The van der Waals surface area contributed by atoms with Gasteiger partial charge in [-0.15, -0.1) is 22.6 Å². The van der Waals surface area contributed by atoms with E-state index in [-0.39, 0.29) is 29.4 Å². The number of phenols is 1. The first kappa shape index (κ1) is 27.5. The summed E-state index contributed by atoms with van der Waals surface area (Å²) in [5, 5.41) is 19.1. The van der Waals surface area contributed by atoms with E-state index in [1.54, 1.807) is 17.8 Å². The highest BCUT2D eigenvalue weighted by molar-refractivity contribution is 7.99. The van der Waals surface area contributed by atoms with Crippen molar-refractivity contribution in [1.29, 1.82) is 0 Å². The number of nitrogens with zero attached hydrogens (tertiary/aromatic N) is 4. The summed E-state index contributed by atoms with van der Waals surface area (Å²) in [6.45, 7) is 4.41. The van der Waals surface area contributed by atoms with Crippen molar-refractivity contribution in [2.24, 2.45) is 13.0 Å². The molecule has 2 aromatic carbocycles. The summed E-state index contributed by atoms with van der Waals surface area (Å²) < 4.78 is 40.3. The Morgan fingerprint density at radius 3 is 2.59 bits per heavy atom. The molecule has 0 spiro atoms. The van der Waals surface area contributed by atoms with Gasteiger partial charge >= 0.3 is 6.18 Å². The van der Waals surface area contributed by atoms with Crippen LogP contribution in [0.4, 0.5) is 13.2 Å². The fraction of sp³-hybridized carbons (Fsp3) is 0.423. The zero-order chi connectivity index (χ0) is 25.7. The molecule has 1 aliphatic heterocycles. The summed E-state index contributed by atoms with van der Waals surface area (Å²) in [4.78, 5) is 14.3. The van der Waals surface area contributed by atoms with Crippen LogP contribution in [0.15, 0.2) is 47.6 Å². The minimum atomic E-state index is -4.36. The Kier molecular flexibility index (Phi) is 7.65. The third kappa shape index (κ3) is 5.37. The van der Waals surface area contributed by atoms with Gasteiger partial charge < -0.3 is 14.6 Å². The number of alkyl halides is 3. The van der Waals surface area contributed by atoms with Crippen LogP contribution in [0.25, 0.3) is 11.4 Å². The Bertz CT molecular complexity index is 1300. The zero-order valence-corrected chi connectivity index (χ0v) is 22.1. The first-order valence-corrected chi connectivity index (χ1v) is 12.8. The van der Waals surface area contributed by atoms with Crippen LogP contribution in [0.1, 0.15) is 41.3 Å². The van der Waals surface area contributed by atoms with Crippen LogP contribution in [-0.4, -0.2) is 55.9 Å². The monoisotopic (exact) mass is 552 g/mol. The summed E-state index contributed by atoms with van der Waals surface area (Å²) in [6, 6.07) is 10.4. The zero-order valence-electron chi connectivity index (χ0n) is 20.5. The number of fused-ring (bicyclic) bond motifs is 1. The highest BCUT2D eigenvalue weighted by Gasteiger charge is 2.60. The average molecular weight is 553 g/mol. The van der Waals surface area contributed by atoms with Crippen molar-refractivity contribution in [3.63, 3.8) is 0 Å². The van der Waals surface area contributed by atoms with E-state index in [1.807, 2.05) is 23.7 Å².